The Morgan fingerprint density at radius 1 is 0.800 bits per heavy atom. The molecule has 0 aliphatic rings. The van der Waals surface area contributed by atoms with Crippen LogP contribution in [-0.2, 0) is 6.42 Å². The number of aliphatic hydroxyl groups excluding tert-OH is 3. The van der Waals surface area contributed by atoms with E-state index in [1.807, 2.05) is 42.5 Å². The molecule has 2 rings (SSSR count). The molecule has 0 spiro atoms. The molecule has 3 N–H and O–H groups in total. The van der Waals surface area contributed by atoms with Gasteiger partial charge in [-0.25, -0.2) is 0 Å². The van der Waals surface area contributed by atoms with Crippen LogP contribution in [-0.4, -0.2) is 59.7 Å². The molecule has 136 valence electrons. The third kappa shape index (κ3) is 6.14. The van der Waals surface area contributed by atoms with Gasteiger partial charge in [-0.1, -0.05) is 42.5 Å². The summed E-state index contributed by atoms with van der Waals surface area (Å²) in [5.74, 6) is 0.715. The molecular formula is C20H27NO4. The third-order valence-corrected chi connectivity index (χ3v) is 4.11. The van der Waals surface area contributed by atoms with Crippen LogP contribution in [0.25, 0.3) is 0 Å². The van der Waals surface area contributed by atoms with Gasteiger partial charge in [0.2, 0.25) is 0 Å². The maximum atomic E-state index is 9.40. The Labute approximate surface area is 149 Å². The number of aliphatic hydroxyl groups is 3. The van der Waals surface area contributed by atoms with Crippen LogP contribution < -0.4 is 4.74 Å². The van der Waals surface area contributed by atoms with E-state index in [1.54, 1.807) is 0 Å². The van der Waals surface area contributed by atoms with E-state index >= 15 is 0 Å². The van der Waals surface area contributed by atoms with Crippen LogP contribution in [0.5, 0.6) is 5.75 Å². The Morgan fingerprint density at radius 2 is 1.44 bits per heavy atom. The first-order valence-electron chi connectivity index (χ1n) is 8.61. The van der Waals surface area contributed by atoms with E-state index in [9.17, 15) is 10.2 Å². The van der Waals surface area contributed by atoms with E-state index < -0.39 is 0 Å². The summed E-state index contributed by atoms with van der Waals surface area (Å²) < 4.78 is 5.42. The molecule has 0 amide bonds. The predicted octanol–water partition coefficient (Wildman–Crippen LogP) is 1.63. The molecule has 0 bridgehead atoms. The van der Waals surface area contributed by atoms with Gasteiger partial charge in [-0.3, -0.25) is 4.90 Å². The number of hydrogen-bond acceptors (Lipinski definition) is 5. The first-order chi connectivity index (χ1) is 12.3. The van der Waals surface area contributed by atoms with Gasteiger partial charge < -0.3 is 20.1 Å². The first-order valence-corrected chi connectivity index (χ1v) is 8.61. The quantitative estimate of drug-likeness (QED) is 0.577. The normalized spacial score (nSPS) is 12.3. The Kier molecular flexibility index (Phi) is 8.42. The summed E-state index contributed by atoms with van der Waals surface area (Å²) in [5.41, 5.74) is 2.30. The molecule has 0 aliphatic heterocycles. The van der Waals surface area contributed by atoms with Gasteiger partial charge in [-0.05, 0) is 29.7 Å². The highest BCUT2D eigenvalue weighted by atomic mass is 16.5. The number of hydrogen-bond donors (Lipinski definition) is 3. The smallest absolute Gasteiger partial charge is 0.119 e. The second-order valence-electron chi connectivity index (χ2n) is 5.83. The van der Waals surface area contributed by atoms with Crippen molar-refractivity contribution in [2.75, 3.05) is 39.5 Å². The van der Waals surface area contributed by atoms with Gasteiger partial charge >= 0.3 is 0 Å². The fourth-order valence-electron chi connectivity index (χ4n) is 2.93. The van der Waals surface area contributed by atoms with Gasteiger partial charge in [-0.2, -0.15) is 0 Å². The van der Waals surface area contributed by atoms with E-state index in [2.05, 4.69) is 17.0 Å². The molecule has 2 aromatic carbocycles. The van der Waals surface area contributed by atoms with Gasteiger partial charge in [0.15, 0.2) is 0 Å². The summed E-state index contributed by atoms with van der Waals surface area (Å²) in [7, 11) is 0. The van der Waals surface area contributed by atoms with Crippen molar-refractivity contribution in [3.8, 4) is 5.75 Å². The Morgan fingerprint density at radius 3 is 2.00 bits per heavy atom. The number of benzene rings is 2. The lowest BCUT2D eigenvalue weighted by Gasteiger charge is -2.31. The van der Waals surface area contributed by atoms with Crippen molar-refractivity contribution < 1.29 is 20.1 Å². The standard InChI is InChI=1S/C20H27NO4/c22-12-10-21(11-13-23)20(16-17-4-2-1-3-5-17)18-6-8-19(9-7-18)25-15-14-24/h1-9,20,22-24H,10-16H2. The van der Waals surface area contributed by atoms with E-state index in [4.69, 9.17) is 9.84 Å². The lowest BCUT2D eigenvalue weighted by atomic mass is 9.97. The minimum atomic E-state index is -0.0147. The summed E-state index contributed by atoms with van der Waals surface area (Å²) in [6.45, 7) is 1.35. The monoisotopic (exact) mass is 345 g/mol. The average molecular weight is 345 g/mol. The van der Waals surface area contributed by atoms with Crippen LogP contribution in [0.1, 0.15) is 17.2 Å². The lowest BCUT2D eigenvalue weighted by Crippen LogP contribution is -2.35. The lowest BCUT2D eigenvalue weighted by molar-refractivity contribution is 0.121. The predicted molar refractivity (Wildman–Crippen MR) is 97.7 cm³/mol. The second-order valence-corrected chi connectivity index (χ2v) is 5.83. The van der Waals surface area contributed by atoms with Crippen LogP contribution in [0.3, 0.4) is 0 Å². The van der Waals surface area contributed by atoms with Crippen LogP contribution in [0, 0.1) is 0 Å². The SMILES string of the molecule is OCCOc1ccc(C(Cc2ccccc2)N(CCO)CCO)cc1. The molecule has 0 saturated heterocycles. The van der Waals surface area contributed by atoms with Gasteiger partial charge in [0.1, 0.15) is 12.4 Å². The number of ether oxygens (including phenoxy) is 1. The zero-order valence-electron chi connectivity index (χ0n) is 14.4. The van der Waals surface area contributed by atoms with E-state index in [0.29, 0.717) is 18.8 Å². The highest BCUT2D eigenvalue weighted by Gasteiger charge is 2.20. The average Bonchev–Trinajstić information content (AvgIpc) is 2.66. The molecule has 25 heavy (non-hydrogen) atoms. The van der Waals surface area contributed by atoms with E-state index in [-0.39, 0.29) is 32.5 Å². The van der Waals surface area contributed by atoms with Crippen LogP contribution in [0.2, 0.25) is 0 Å². The largest absolute Gasteiger partial charge is 0.491 e. The molecule has 0 radical (unpaired) electrons. The van der Waals surface area contributed by atoms with Crippen molar-refractivity contribution in [2.24, 2.45) is 0 Å². The van der Waals surface area contributed by atoms with Crippen molar-refractivity contribution in [3.63, 3.8) is 0 Å². The zero-order valence-corrected chi connectivity index (χ0v) is 14.4. The van der Waals surface area contributed by atoms with Crippen LogP contribution in [0.4, 0.5) is 0 Å². The fraction of sp³-hybridized carbons (Fsp3) is 0.400. The second kappa shape index (κ2) is 10.8. The molecule has 2 aromatic rings. The molecule has 0 fully saturated rings. The molecule has 0 aliphatic carbocycles. The summed E-state index contributed by atoms with van der Waals surface area (Å²) in [5, 5.41) is 27.6. The molecular weight excluding hydrogens is 318 g/mol. The summed E-state index contributed by atoms with van der Waals surface area (Å²) >= 11 is 0. The van der Waals surface area contributed by atoms with Crippen LogP contribution >= 0.6 is 0 Å². The molecule has 0 saturated carbocycles. The van der Waals surface area contributed by atoms with Crippen molar-refractivity contribution in [1.29, 1.82) is 0 Å². The highest BCUT2D eigenvalue weighted by molar-refractivity contribution is 5.31. The van der Waals surface area contributed by atoms with Crippen molar-refractivity contribution in [3.05, 3.63) is 65.7 Å². The fourth-order valence-corrected chi connectivity index (χ4v) is 2.93. The minimum Gasteiger partial charge on any atom is -0.491 e. The summed E-state index contributed by atoms with van der Waals surface area (Å²) in [4.78, 5) is 2.09. The van der Waals surface area contributed by atoms with Crippen molar-refractivity contribution in [2.45, 2.75) is 12.5 Å². The maximum absolute atomic E-state index is 9.40. The topological polar surface area (TPSA) is 73.2 Å². The summed E-state index contributed by atoms with van der Waals surface area (Å²) in [6, 6.07) is 18.0. The molecule has 1 unspecified atom stereocenters. The molecule has 0 heterocycles. The first kappa shape index (κ1) is 19.4. The van der Waals surface area contributed by atoms with Gasteiger partial charge in [0.25, 0.3) is 0 Å². The van der Waals surface area contributed by atoms with Gasteiger partial charge in [0.05, 0.1) is 19.8 Å². The minimum absolute atomic E-state index is 0.0147. The van der Waals surface area contributed by atoms with Crippen molar-refractivity contribution in [1.82, 2.24) is 4.90 Å². The Balaban J connectivity index is 2.22. The Bertz CT molecular complexity index is 582. The third-order valence-electron chi connectivity index (χ3n) is 4.11. The van der Waals surface area contributed by atoms with E-state index in [1.165, 1.54) is 5.56 Å². The highest BCUT2D eigenvalue weighted by Crippen LogP contribution is 2.26. The number of rotatable bonds is 11. The van der Waals surface area contributed by atoms with Crippen LogP contribution in [0.15, 0.2) is 54.6 Å². The van der Waals surface area contributed by atoms with Gasteiger partial charge in [0, 0.05) is 19.1 Å². The number of nitrogens with zero attached hydrogens (tertiary/aromatic N) is 1. The maximum Gasteiger partial charge on any atom is 0.119 e. The molecule has 5 heteroatoms. The molecule has 0 aromatic heterocycles. The van der Waals surface area contributed by atoms with Crippen molar-refractivity contribution >= 4 is 0 Å². The van der Waals surface area contributed by atoms with Gasteiger partial charge in [-0.15, -0.1) is 0 Å². The molecule has 5 nitrogen and oxygen atoms in total. The zero-order chi connectivity index (χ0) is 17.9. The summed E-state index contributed by atoms with van der Waals surface area (Å²) in [6.07, 6.45) is 0.789. The molecule has 1 atom stereocenters. The Hall–Kier alpha value is -1.92. The van der Waals surface area contributed by atoms with E-state index in [0.717, 1.165) is 12.0 Å².